The number of sulfonamides is 1. The largest absolute Gasteiger partial charge is 0.358 e. The molecule has 0 aliphatic rings. The summed E-state index contributed by atoms with van der Waals surface area (Å²) in [5.74, 6) is 0.222. The normalized spacial score (nSPS) is 11.6. The van der Waals surface area contributed by atoms with Crippen LogP contribution >= 0.6 is 0 Å². The van der Waals surface area contributed by atoms with E-state index in [4.69, 9.17) is 10.1 Å². The average Bonchev–Trinajstić information content (AvgIpc) is 3.17. The van der Waals surface area contributed by atoms with Gasteiger partial charge in [0, 0.05) is 19.3 Å². The van der Waals surface area contributed by atoms with Gasteiger partial charge in [-0.2, -0.15) is 0 Å². The molecule has 1 amide bonds. The van der Waals surface area contributed by atoms with Gasteiger partial charge in [0.15, 0.2) is 5.65 Å². The van der Waals surface area contributed by atoms with Crippen molar-refractivity contribution in [1.29, 1.82) is 0 Å². The Balaban J connectivity index is 1.50. The molecule has 0 bridgehead atoms. The Morgan fingerprint density at radius 2 is 1.74 bits per heavy atom. The molecule has 2 heterocycles. The van der Waals surface area contributed by atoms with Crippen LogP contribution in [0.3, 0.4) is 0 Å². The molecule has 9 nitrogen and oxygen atoms in total. The van der Waals surface area contributed by atoms with Gasteiger partial charge in [0.05, 0.1) is 16.1 Å². The average molecular weight is 493 g/mol. The number of nitrogens with zero attached hydrogens (tertiary/aromatic N) is 3. The summed E-state index contributed by atoms with van der Waals surface area (Å²) in [5, 5.41) is 11.2. The highest BCUT2D eigenvalue weighted by Gasteiger charge is 2.19. The van der Waals surface area contributed by atoms with Crippen LogP contribution in [-0.4, -0.2) is 42.5 Å². The second-order valence-electron chi connectivity index (χ2n) is 8.49. The second kappa shape index (κ2) is 9.47. The predicted molar refractivity (Wildman–Crippen MR) is 136 cm³/mol. The maximum Gasteiger partial charge on any atom is 0.252 e. The first kappa shape index (κ1) is 24.4. The lowest BCUT2D eigenvalue weighted by Gasteiger charge is -2.11. The highest BCUT2D eigenvalue weighted by atomic mass is 32.2. The van der Waals surface area contributed by atoms with Gasteiger partial charge in [-0.1, -0.05) is 23.8 Å². The van der Waals surface area contributed by atoms with E-state index in [1.165, 1.54) is 12.1 Å². The molecule has 0 spiro atoms. The summed E-state index contributed by atoms with van der Waals surface area (Å²) in [6.07, 6.45) is 0.572. The maximum atomic E-state index is 12.7. The van der Waals surface area contributed by atoms with Gasteiger partial charge in [0.1, 0.15) is 5.52 Å². The molecular formula is C25H28N6O3S. The van der Waals surface area contributed by atoms with Crippen LogP contribution in [0.15, 0.2) is 53.4 Å². The van der Waals surface area contributed by atoms with Crippen LogP contribution in [0.4, 0.5) is 5.95 Å². The smallest absolute Gasteiger partial charge is 0.252 e. The number of carbonyl (C=O) groups excluding carboxylic acids is 1. The van der Waals surface area contributed by atoms with Gasteiger partial charge in [-0.05, 0) is 68.7 Å². The van der Waals surface area contributed by atoms with Crippen LogP contribution in [0, 0.1) is 20.8 Å². The molecule has 0 radical (unpaired) electrons. The molecule has 4 rings (SSSR count). The fourth-order valence-electron chi connectivity index (χ4n) is 4.07. The van der Waals surface area contributed by atoms with E-state index in [0.29, 0.717) is 18.9 Å². The van der Waals surface area contributed by atoms with Crippen molar-refractivity contribution in [3.63, 3.8) is 0 Å². The lowest BCUT2D eigenvalue weighted by molar-refractivity contribution is 0.0950. The van der Waals surface area contributed by atoms with Crippen LogP contribution in [0.1, 0.15) is 32.7 Å². The van der Waals surface area contributed by atoms with Gasteiger partial charge < -0.3 is 10.6 Å². The summed E-state index contributed by atoms with van der Waals surface area (Å²) < 4.78 is 25.7. The number of rotatable bonds is 7. The summed E-state index contributed by atoms with van der Waals surface area (Å²) >= 11 is 0. The third kappa shape index (κ3) is 5.03. The summed E-state index contributed by atoms with van der Waals surface area (Å²) in [7, 11) is -2.18. The second-order valence-corrected chi connectivity index (χ2v) is 10.0. The number of pyridine rings is 1. The molecule has 0 atom stereocenters. The number of primary sulfonamides is 1. The number of anilines is 1. The van der Waals surface area contributed by atoms with Crippen molar-refractivity contribution in [3.8, 4) is 5.69 Å². The first-order valence-electron chi connectivity index (χ1n) is 11.1. The van der Waals surface area contributed by atoms with Crippen molar-refractivity contribution < 1.29 is 13.2 Å². The van der Waals surface area contributed by atoms with E-state index in [1.54, 1.807) is 13.0 Å². The Hall–Kier alpha value is -3.76. The molecule has 2 aromatic heterocycles. The minimum absolute atomic E-state index is 0.0486. The molecule has 0 aliphatic heterocycles. The molecule has 0 aliphatic carbocycles. The third-order valence-electron chi connectivity index (χ3n) is 5.74. The van der Waals surface area contributed by atoms with Crippen LogP contribution in [0.25, 0.3) is 16.9 Å². The fourth-order valence-corrected chi connectivity index (χ4v) is 4.79. The van der Waals surface area contributed by atoms with Crippen molar-refractivity contribution in [2.75, 3.05) is 18.9 Å². The van der Waals surface area contributed by atoms with Crippen molar-refractivity contribution in [2.24, 2.45) is 5.14 Å². The van der Waals surface area contributed by atoms with E-state index in [0.717, 1.165) is 39.2 Å². The standard InChI is InChI=1S/C25H28N6O3S/c1-15-5-10-21(35(26,33)34)20(13-15)24(32)28-12-11-18-6-8-19(9-7-18)31-23-22(30-25(31)27-4)16(2)14-17(3)29-23/h5-10,13-14H,11-12H2,1-4H3,(H,27,30)(H,28,32)(H2,26,33,34). The highest BCUT2D eigenvalue weighted by Crippen LogP contribution is 2.26. The molecule has 2 aromatic carbocycles. The van der Waals surface area contributed by atoms with Crippen LogP contribution in [-0.2, 0) is 16.4 Å². The van der Waals surface area contributed by atoms with Crippen LogP contribution < -0.4 is 15.8 Å². The Bertz CT molecular complexity index is 1530. The van der Waals surface area contributed by atoms with Crippen molar-refractivity contribution in [3.05, 3.63) is 76.5 Å². The zero-order valence-corrected chi connectivity index (χ0v) is 20.9. The van der Waals surface area contributed by atoms with Crippen molar-refractivity contribution in [2.45, 2.75) is 32.1 Å². The molecule has 0 saturated heterocycles. The molecule has 0 unspecified atom stereocenters. The molecule has 0 saturated carbocycles. The third-order valence-corrected chi connectivity index (χ3v) is 6.71. The van der Waals surface area contributed by atoms with E-state index < -0.39 is 15.9 Å². The van der Waals surface area contributed by atoms with E-state index in [2.05, 4.69) is 15.6 Å². The van der Waals surface area contributed by atoms with E-state index in [9.17, 15) is 13.2 Å². The number of benzene rings is 2. The Morgan fingerprint density at radius 3 is 2.40 bits per heavy atom. The predicted octanol–water partition coefficient (Wildman–Crippen LogP) is 3.01. The lowest BCUT2D eigenvalue weighted by atomic mass is 10.1. The number of hydrogen-bond acceptors (Lipinski definition) is 6. The van der Waals surface area contributed by atoms with Crippen molar-refractivity contribution >= 4 is 33.0 Å². The maximum absolute atomic E-state index is 12.7. The van der Waals surface area contributed by atoms with Gasteiger partial charge in [0.2, 0.25) is 16.0 Å². The minimum Gasteiger partial charge on any atom is -0.358 e. The number of nitrogens with one attached hydrogen (secondary N) is 2. The van der Waals surface area contributed by atoms with E-state index in [1.807, 2.05) is 55.8 Å². The summed E-state index contributed by atoms with van der Waals surface area (Å²) in [6, 6.07) is 14.4. The molecule has 0 fully saturated rings. The number of hydrogen-bond donors (Lipinski definition) is 3. The number of fused-ring (bicyclic) bond motifs is 1. The van der Waals surface area contributed by atoms with E-state index in [-0.39, 0.29) is 10.5 Å². The fraction of sp³-hybridized carbons (Fsp3) is 0.240. The minimum atomic E-state index is -4.00. The van der Waals surface area contributed by atoms with E-state index >= 15 is 0 Å². The first-order valence-corrected chi connectivity index (χ1v) is 12.7. The molecule has 182 valence electrons. The molecule has 4 N–H and O–H groups in total. The number of amides is 1. The number of carbonyl (C=O) groups is 1. The summed E-state index contributed by atoms with van der Waals surface area (Å²) in [6.45, 7) is 6.11. The van der Waals surface area contributed by atoms with Crippen molar-refractivity contribution in [1.82, 2.24) is 19.9 Å². The highest BCUT2D eigenvalue weighted by molar-refractivity contribution is 7.89. The molecule has 10 heteroatoms. The number of nitrogens with two attached hydrogens (primary N) is 1. The van der Waals surface area contributed by atoms with Gasteiger partial charge in [-0.15, -0.1) is 0 Å². The number of aryl methyl sites for hydroxylation is 3. The van der Waals surface area contributed by atoms with Crippen LogP contribution in [0.2, 0.25) is 0 Å². The number of aromatic nitrogens is 3. The Kier molecular flexibility index (Phi) is 6.60. The molecule has 35 heavy (non-hydrogen) atoms. The van der Waals surface area contributed by atoms with Gasteiger partial charge in [-0.3, -0.25) is 9.36 Å². The summed E-state index contributed by atoms with van der Waals surface area (Å²) in [5.41, 5.74) is 6.37. The SMILES string of the molecule is CNc1nc2c(C)cc(C)nc2n1-c1ccc(CCNC(=O)c2cc(C)ccc2S(N)(=O)=O)cc1. The zero-order chi connectivity index (χ0) is 25.3. The topological polar surface area (TPSA) is 132 Å². The van der Waals surface area contributed by atoms with Gasteiger partial charge in [0.25, 0.3) is 5.91 Å². The molecule has 4 aromatic rings. The monoisotopic (exact) mass is 492 g/mol. The Labute approximate surface area is 204 Å². The quantitative estimate of drug-likeness (QED) is 0.363. The number of imidazole rings is 1. The zero-order valence-electron chi connectivity index (χ0n) is 20.1. The summed E-state index contributed by atoms with van der Waals surface area (Å²) in [4.78, 5) is 21.9. The van der Waals surface area contributed by atoms with Gasteiger partial charge >= 0.3 is 0 Å². The lowest BCUT2D eigenvalue weighted by Crippen LogP contribution is -2.28. The Morgan fingerprint density at radius 1 is 1.03 bits per heavy atom. The molecular weight excluding hydrogens is 464 g/mol. The van der Waals surface area contributed by atoms with Gasteiger partial charge in [-0.25, -0.2) is 23.5 Å². The van der Waals surface area contributed by atoms with Crippen LogP contribution in [0.5, 0.6) is 0 Å². The first-order chi connectivity index (χ1) is 16.6.